The van der Waals surface area contributed by atoms with Crippen molar-refractivity contribution in [1.29, 1.82) is 0 Å². The maximum absolute atomic E-state index is 3.34. The van der Waals surface area contributed by atoms with Gasteiger partial charge in [-0.1, -0.05) is 37.4 Å². The third-order valence-electron chi connectivity index (χ3n) is 1.72. The smallest absolute Gasteiger partial charge is 0.0550 e. The van der Waals surface area contributed by atoms with Gasteiger partial charge in [-0.25, -0.2) is 0 Å². The van der Waals surface area contributed by atoms with Gasteiger partial charge in [0.15, 0.2) is 0 Å². The van der Waals surface area contributed by atoms with Crippen molar-refractivity contribution in [2.45, 2.75) is 13.1 Å². The van der Waals surface area contributed by atoms with Crippen LogP contribution in [-0.4, -0.2) is 15.3 Å². The molecule has 0 saturated carbocycles. The molecule has 0 saturated heterocycles. The van der Waals surface area contributed by atoms with Crippen LogP contribution in [0.2, 0.25) is 13.1 Å². The highest BCUT2D eigenvalue weighted by Crippen LogP contribution is 2.03. The Morgan fingerprint density at radius 3 is 2.54 bits per heavy atom. The first-order chi connectivity index (χ1) is 6.29. The molecule has 0 fully saturated rings. The molecule has 0 radical (unpaired) electrons. The monoisotopic (exact) mass is 191 g/mol. The topological polar surface area (TPSA) is 12.0 Å². The minimum Gasteiger partial charge on any atom is -0.382 e. The quantitative estimate of drug-likeness (QED) is 0.722. The Hall–Kier alpha value is -1.02. The summed E-state index contributed by atoms with van der Waals surface area (Å²) < 4.78 is 0. The van der Waals surface area contributed by atoms with Gasteiger partial charge in [-0.2, -0.15) is 0 Å². The van der Waals surface area contributed by atoms with Gasteiger partial charge < -0.3 is 5.32 Å². The van der Waals surface area contributed by atoms with E-state index >= 15 is 0 Å². The second-order valence-electron chi connectivity index (χ2n) is 3.42. The molecule has 0 aliphatic carbocycles. The summed E-state index contributed by atoms with van der Waals surface area (Å²) >= 11 is 0. The molecule has 0 spiro atoms. The average Bonchev–Trinajstić information content (AvgIpc) is 2.14. The minimum atomic E-state index is -0.517. The van der Waals surface area contributed by atoms with Crippen LogP contribution in [0.1, 0.15) is 0 Å². The maximum Gasteiger partial charge on any atom is 0.0550 e. The molecule has 0 unspecified atom stereocenters. The molecule has 0 bridgehead atoms. The zero-order chi connectivity index (χ0) is 9.52. The van der Waals surface area contributed by atoms with E-state index in [2.05, 4.69) is 42.3 Å². The SMILES string of the molecule is C[SiH](C)C=CCNc1ccccc1. The Balaban J connectivity index is 2.28. The summed E-state index contributed by atoms with van der Waals surface area (Å²) in [4.78, 5) is 0. The fourth-order valence-corrected chi connectivity index (χ4v) is 1.75. The lowest BCUT2D eigenvalue weighted by molar-refractivity contribution is 1.34. The van der Waals surface area contributed by atoms with Gasteiger partial charge >= 0.3 is 0 Å². The standard InChI is InChI=1S/C11H17NSi/c1-13(2)10-6-9-12-11-7-4-3-5-8-11/h3-8,10,12-13H,9H2,1-2H3. The first-order valence-electron chi connectivity index (χ1n) is 4.74. The molecule has 0 aliphatic heterocycles. The third-order valence-corrected chi connectivity index (χ3v) is 2.76. The molecule has 0 atom stereocenters. The lowest BCUT2D eigenvalue weighted by Gasteiger charge is -2.01. The molecule has 1 aromatic carbocycles. The van der Waals surface area contributed by atoms with Crippen LogP contribution in [0.25, 0.3) is 0 Å². The van der Waals surface area contributed by atoms with Crippen LogP contribution in [0, 0.1) is 0 Å². The van der Waals surface area contributed by atoms with Gasteiger partial charge in [0.1, 0.15) is 0 Å². The van der Waals surface area contributed by atoms with Crippen molar-refractivity contribution < 1.29 is 0 Å². The van der Waals surface area contributed by atoms with Crippen LogP contribution in [0.4, 0.5) is 5.69 Å². The summed E-state index contributed by atoms with van der Waals surface area (Å²) in [5, 5.41) is 3.34. The fourth-order valence-electron chi connectivity index (χ4n) is 1.07. The normalized spacial score (nSPS) is 11.0. The third kappa shape index (κ3) is 4.53. The van der Waals surface area contributed by atoms with Crippen molar-refractivity contribution >= 4 is 14.5 Å². The lowest BCUT2D eigenvalue weighted by Crippen LogP contribution is -2.00. The molecule has 0 aromatic heterocycles. The van der Waals surface area contributed by atoms with Gasteiger partial charge in [-0.3, -0.25) is 0 Å². The molecule has 0 aliphatic rings. The van der Waals surface area contributed by atoms with Crippen LogP contribution >= 0.6 is 0 Å². The van der Waals surface area contributed by atoms with Crippen molar-refractivity contribution in [2.75, 3.05) is 11.9 Å². The molecular formula is C11H17NSi. The first kappa shape index (κ1) is 10.1. The van der Waals surface area contributed by atoms with E-state index in [0.29, 0.717) is 0 Å². The predicted octanol–water partition coefficient (Wildman–Crippen LogP) is 2.68. The Morgan fingerprint density at radius 1 is 1.23 bits per heavy atom. The number of benzene rings is 1. The second-order valence-corrected chi connectivity index (χ2v) is 6.29. The predicted molar refractivity (Wildman–Crippen MR) is 62.9 cm³/mol. The van der Waals surface area contributed by atoms with E-state index in [0.717, 1.165) is 6.54 Å². The summed E-state index contributed by atoms with van der Waals surface area (Å²) in [6, 6.07) is 10.3. The van der Waals surface area contributed by atoms with Gasteiger partial charge in [0.25, 0.3) is 0 Å². The van der Waals surface area contributed by atoms with Crippen molar-refractivity contribution in [3.05, 3.63) is 42.1 Å². The van der Waals surface area contributed by atoms with E-state index in [-0.39, 0.29) is 0 Å². The Kier molecular flexibility index (Phi) is 4.33. The number of hydrogen-bond donors (Lipinski definition) is 1. The molecule has 1 nitrogen and oxygen atoms in total. The van der Waals surface area contributed by atoms with Gasteiger partial charge in [-0.15, -0.1) is 5.70 Å². The molecular weight excluding hydrogens is 174 g/mol. The Bertz CT molecular complexity index is 254. The van der Waals surface area contributed by atoms with E-state index < -0.39 is 8.80 Å². The highest BCUT2D eigenvalue weighted by atomic mass is 28.3. The Morgan fingerprint density at radius 2 is 1.92 bits per heavy atom. The zero-order valence-electron chi connectivity index (χ0n) is 8.33. The first-order valence-corrected chi connectivity index (χ1v) is 7.72. The maximum atomic E-state index is 3.34. The number of para-hydroxylation sites is 1. The van der Waals surface area contributed by atoms with Crippen molar-refractivity contribution in [3.8, 4) is 0 Å². The molecule has 2 heteroatoms. The minimum absolute atomic E-state index is 0.517. The highest BCUT2D eigenvalue weighted by Gasteiger charge is 1.87. The van der Waals surface area contributed by atoms with Gasteiger partial charge in [0, 0.05) is 12.2 Å². The Labute approximate surface area is 82.1 Å². The molecule has 1 aromatic rings. The zero-order valence-corrected chi connectivity index (χ0v) is 9.48. The van der Waals surface area contributed by atoms with Crippen LogP contribution in [0.15, 0.2) is 42.1 Å². The molecule has 0 amide bonds. The molecule has 70 valence electrons. The molecule has 1 N–H and O–H groups in total. The highest BCUT2D eigenvalue weighted by molar-refractivity contribution is 6.61. The average molecular weight is 191 g/mol. The molecule has 13 heavy (non-hydrogen) atoms. The van der Waals surface area contributed by atoms with Crippen LogP contribution in [-0.2, 0) is 0 Å². The van der Waals surface area contributed by atoms with E-state index in [1.165, 1.54) is 5.69 Å². The van der Waals surface area contributed by atoms with E-state index in [4.69, 9.17) is 0 Å². The summed E-state index contributed by atoms with van der Waals surface area (Å²) in [5.74, 6) is 0. The summed E-state index contributed by atoms with van der Waals surface area (Å²) in [6.07, 6.45) is 2.23. The summed E-state index contributed by atoms with van der Waals surface area (Å²) in [6.45, 7) is 5.58. The summed E-state index contributed by atoms with van der Waals surface area (Å²) in [7, 11) is -0.517. The van der Waals surface area contributed by atoms with E-state index in [9.17, 15) is 0 Å². The largest absolute Gasteiger partial charge is 0.382 e. The van der Waals surface area contributed by atoms with Crippen molar-refractivity contribution in [1.82, 2.24) is 0 Å². The van der Waals surface area contributed by atoms with E-state index in [1.807, 2.05) is 18.2 Å². The number of nitrogens with one attached hydrogen (secondary N) is 1. The van der Waals surface area contributed by atoms with Gasteiger partial charge in [0.2, 0.25) is 0 Å². The van der Waals surface area contributed by atoms with Crippen LogP contribution in [0.5, 0.6) is 0 Å². The lowest BCUT2D eigenvalue weighted by atomic mass is 10.3. The number of rotatable bonds is 4. The number of anilines is 1. The van der Waals surface area contributed by atoms with Crippen molar-refractivity contribution in [2.24, 2.45) is 0 Å². The van der Waals surface area contributed by atoms with Gasteiger partial charge in [-0.05, 0) is 12.1 Å². The summed E-state index contributed by atoms with van der Waals surface area (Å²) in [5.41, 5.74) is 3.54. The van der Waals surface area contributed by atoms with E-state index in [1.54, 1.807) is 0 Å². The molecule has 0 heterocycles. The van der Waals surface area contributed by atoms with Crippen LogP contribution in [0.3, 0.4) is 0 Å². The second kappa shape index (κ2) is 5.59. The molecule has 1 rings (SSSR count). The fraction of sp³-hybridized carbons (Fsp3) is 0.273. The van der Waals surface area contributed by atoms with Crippen LogP contribution < -0.4 is 5.32 Å². The van der Waals surface area contributed by atoms with Crippen molar-refractivity contribution in [3.63, 3.8) is 0 Å². The van der Waals surface area contributed by atoms with Gasteiger partial charge in [0.05, 0.1) is 8.80 Å². The number of hydrogen-bond acceptors (Lipinski definition) is 1.